The van der Waals surface area contributed by atoms with Gasteiger partial charge in [-0.05, 0) is 80.5 Å². The normalized spacial score (nSPS) is 17.9. The van der Waals surface area contributed by atoms with Gasteiger partial charge in [0.1, 0.15) is 17.3 Å². The predicted octanol–water partition coefficient (Wildman–Crippen LogP) is 4.32. The molecule has 1 aliphatic carbocycles. The number of aromatic nitrogens is 3. The van der Waals surface area contributed by atoms with E-state index in [0.717, 1.165) is 54.1 Å². The highest BCUT2D eigenvalue weighted by atomic mass is 16.5. The summed E-state index contributed by atoms with van der Waals surface area (Å²) in [5.41, 5.74) is 3.32. The molecule has 0 bridgehead atoms. The molecule has 0 spiro atoms. The number of nitrogens with one attached hydrogen (secondary N) is 1. The Morgan fingerprint density at radius 2 is 1.73 bits per heavy atom. The monoisotopic (exact) mass is 446 g/mol. The Bertz CT molecular complexity index is 1050. The molecule has 7 nitrogen and oxygen atoms in total. The molecule has 2 heterocycles. The van der Waals surface area contributed by atoms with Crippen molar-refractivity contribution in [2.75, 3.05) is 20.3 Å². The average Bonchev–Trinajstić information content (AvgIpc) is 2.87. The Labute approximate surface area is 194 Å². The third-order valence-electron chi connectivity index (χ3n) is 6.18. The van der Waals surface area contributed by atoms with E-state index in [2.05, 4.69) is 15.3 Å². The first-order valence-electron chi connectivity index (χ1n) is 11.4. The van der Waals surface area contributed by atoms with Crippen LogP contribution < -0.4 is 14.8 Å². The third kappa shape index (κ3) is 6.06. The Morgan fingerprint density at radius 3 is 2.42 bits per heavy atom. The maximum atomic E-state index is 12.2. The average molecular weight is 447 g/mol. The highest BCUT2D eigenvalue weighted by molar-refractivity contribution is 5.77. The van der Waals surface area contributed by atoms with E-state index < -0.39 is 0 Å². The van der Waals surface area contributed by atoms with E-state index in [0.29, 0.717) is 24.1 Å². The van der Waals surface area contributed by atoms with E-state index in [-0.39, 0.29) is 12.5 Å². The Hall–Kier alpha value is -3.48. The SMILES string of the molecule is COc1ccc(OCC(=O)NCC2CCC(c3nc(C)ncc3-c3ccncc3)CC2)cc1. The van der Waals surface area contributed by atoms with Crippen molar-refractivity contribution >= 4 is 5.91 Å². The molecular formula is C26H30N4O3. The predicted molar refractivity (Wildman–Crippen MR) is 126 cm³/mol. The minimum absolute atomic E-state index is 0.0111. The second-order valence-corrected chi connectivity index (χ2v) is 8.44. The zero-order valence-corrected chi connectivity index (χ0v) is 19.2. The van der Waals surface area contributed by atoms with Gasteiger partial charge in [0.15, 0.2) is 6.61 Å². The molecule has 0 atom stereocenters. The van der Waals surface area contributed by atoms with Crippen LogP contribution in [-0.4, -0.2) is 41.1 Å². The van der Waals surface area contributed by atoms with Gasteiger partial charge in [0.2, 0.25) is 0 Å². The van der Waals surface area contributed by atoms with Crippen LogP contribution in [0.2, 0.25) is 0 Å². The second kappa shape index (κ2) is 10.9. The van der Waals surface area contributed by atoms with Crippen LogP contribution in [0.4, 0.5) is 0 Å². The van der Waals surface area contributed by atoms with Gasteiger partial charge < -0.3 is 14.8 Å². The number of carbonyl (C=O) groups is 1. The van der Waals surface area contributed by atoms with Crippen molar-refractivity contribution in [1.82, 2.24) is 20.3 Å². The van der Waals surface area contributed by atoms with Gasteiger partial charge in [-0.1, -0.05) is 0 Å². The van der Waals surface area contributed by atoms with Gasteiger partial charge in [0.05, 0.1) is 12.8 Å². The fourth-order valence-corrected chi connectivity index (χ4v) is 4.32. The van der Waals surface area contributed by atoms with Gasteiger partial charge in [-0.25, -0.2) is 9.97 Å². The molecule has 1 N–H and O–H groups in total. The van der Waals surface area contributed by atoms with E-state index in [1.165, 1.54) is 0 Å². The lowest BCUT2D eigenvalue weighted by atomic mass is 9.79. The van der Waals surface area contributed by atoms with Crippen LogP contribution in [0, 0.1) is 12.8 Å². The smallest absolute Gasteiger partial charge is 0.257 e. The number of rotatable bonds is 8. The van der Waals surface area contributed by atoms with E-state index in [1.54, 1.807) is 31.6 Å². The van der Waals surface area contributed by atoms with Gasteiger partial charge in [-0.15, -0.1) is 0 Å². The molecule has 33 heavy (non-hydrogen) atoms. The fraction of sp³-hybridized carbons (Fsp3) is 0.385. The van der Waals surface area contributed by atoms with Crippen LogP contribution in [0.25, 0.3) is 11.1 Å². The highest BCUT2D eigenvalue weighted by Gasteiger charge is 2.26. The van der Waals surface area contributed by atoms with Crippen LogP contribution in [0.15, 0.2) is 55.0 Å². The van der Waals surface area contributed by atoms with Crippen molar-refractivity contribution in [3.8, 4) is 22.6 Å². The summed E-state index contributed by atoms with van der Waals surface area (Å²) in [6, 6.07) is 11.2. The molecule has 1 aromatic carbocycles. The molecule has 1 amide bonds. The van der Waals surface area contributed by atoms with Crippen molar-refractivity contribution in [3.05, 3.63) is 66.5 Å². The number of hydrogen-bond acceptors (Lipinski definition) is 6. The Balaban J connectivity index is 1.26. The van der Waals surface area contributed by atoms with Gasteiger partial charge in [0.25, 0.3) is 5.91 Å². The quantitative estimate of drug-likeness (QED) is 0.554. The Morgan fingerprint density at radius 1 is 1.03 bits per heavy atom. The molecule has 1 fully saturated rings. The molecule has 1 saturated carbocycles. The lowest BCUT2D eigenvalue weighted by Gasteiger charge is -2.29. The number of ether oxygens (including phenoxy) is 2. The summed E-state index contributed by atoms with van der Waals surface area (Å²) < 4.78 is 10.7. The first-order chi connectivity index (χ1) is 16.1. The van der Waals surface area contributed by atoms with Crippen molar-refractivity contribution in [1.29, 1.82) is 0 Å². The van der Waals surface area contributed by atoms with Crippen molar-refractivity contribution in [2.24, 2.45) is 5.92 Å². The molecule has 7 heteroatoms. The standard InChI is InChI=1S/C26H30N4O3/c1-18-28-16-24(20-11-13-27-14-12-20)26(30-18)21-5-3-19(4-6-21)15-29-25(31)17-33-23-9-7-22(32-2)8-10-23/h7-14,16,19,21H,3-6,15,17H2,1-2H3,(H,29,31). The number of carbonyl (C=O) groups excluding carboxylic acids is 1. The molecule has 1 aliphatic rings. The van der Waals surface area contributed by atoms with Gasteiger partial charge in [0, 0.05) is 36.6 Å². The fourth-order valence-electron chi connectivity index (χ4n) is 4.32. The molecule has 0 unspecified atom stereocenters. The van der Waals surface area contributed by atoms with Crippen molar-refractivity contribution < 1.29 is 14.3 Å². The number of pyridine rings is 1. The van der Waals surface area contributed by atoms with E-state index in [9.17, 15) is 4.79 Å². The van der Waals surface area contributed by atoms with Crippen molar-refractivity contribution in [2.45, 2.75) is 38.5 Å². The highest BCUT2D eigenvalue weighted by Crippen LogP contribution is 2.38. The summed E-state index contributed by atoms with van der Waals surface area (Å²) in [6.07, 6.45) is 9.76. The molecule has 0 aliphatic heterocycles. The summed E-state index contributed by atoms with van der Waals surface area (Å²) in [4.78, 5) is 25.6. The molecule has 0 saturated heterocycles. The van der Waals surface area contributed by atoms with Crippen LogP contribution in [0.1, 0.15) is 43.1 Å². The molecule has 4 rings (SSSR count). The summed E-state index contributed by atoms with van der Waals surface area (Å²) in [6.45, 7) is 2.63. The molecule has 0 radical (unpaired) electrons. The maximum absolute atomic E-state index is 12.2. The second-order valence-electron chi connectivity index (χ2n) is 8.44. The number of aryl methyl sites for hydroxylation is 1. The van der Waals surface area contributed by atoms with Crippen LogP contribution in [0.5, 0.6) is 11.5 Å². The minimum Gasteiger partial charge on any atom is -0.497 e. The van der Waals surface area contributed by atoms with E-state index in [4.69, 9.17) is 14.5 Å². The van der Waals surface area contributed by atoms with E-state index >= 15 is 0 Å². The summed E-state index contributed by atoms with van der Waals surface area (Å²) >= 11 is 0. The van der Waals surface area contributed by atoms with Gasteiger partial charge >= 0.3 is 0 Å². The summed E-state index contributed by atoms with van der Waals surface area (Å²) in [5, 5.41) is 3.02. The summed E-state index contributed by atoms with van der Waals surface area (Å²) in [7, 11) is 1.62. The van der Waals surface area contributed by atoms with Crippen LogP contribution in [0.3, 0.4) is 0 Å². The summed E-state index contributed by atoms with van der Waals surface area (Å²) in [5.74, 6) is 2.98. The van der Waals surface area contributed by atoms with Gasteiger partial charge in [-0.2, -0.15) is 0 Å². The molecular weight excluding hydrogens is 416 g/mol. The zero-order chi connectivity index (χ0) is 23.0. The number of methoxy groups -OCH3 is 1. The minimum atomic E-state index is -0.0978. The van der Waals surface area contributed by atoms with E-state index in [1.807, 2.05) is 37.4 Å². The zero-order valence-electron chi connectivity index (χ0n) is 19.2. The maximum Gasteiger partial charge on any atom is 0.257 e. The number of amides is 1. The molecule has 2 aromatic heterocycles. The van der Waals surface area contributed by atoms with Gasteiger partial charge in [-0.3, -0.25) is 9.78 Å². The number of nitrogens with zero attached hydrogens (tertiary/aromatic N) is 3. The molecule has 172 valence electrons. The lowest BCUT2D eigenvalue weighted by molar-refractivity contribution is -0.123. The Kier molecular flexibility index (Phi) is 7.50. The lowest BCUT2D eigenvalue weighted by Crippen LogP contribution is -2.34. The van der Waals surface area contributed by atoms with Crippen LogP contribution >= 0.6 is 0 Å². The molecule has 3 aromatic rings. The first kappa shape index (κ1) is 22.7. The first-order valence-corrected chi connectivity index (χ1v) is 11.4. The topological polar surface area (TPSA) is 86.2 Å². The van der Waals surface area contributed by atoms with Crippen molar-refractivity contribution in [3.63, 3.8) is 0 Å². The number of benzene rings is 1. The largest absolute Gasteiger partial charge is 0.497 e. The van der Waals surface area contributed by atoms with Crippen LogP contribution in [-0.2, 0) is 4.79 Å². The third-order valence-corrected chi connectivity index (χ3v) is 6.18. The number of hydrogen-bond donors (Lipinski definition) is 1.